The summed E-state index contributed by atoms with van der Waals surface area (Å²) in [7, 11) is 0. The Morgan fingerprint density at radius 1 is 1.15 bits per heavy atom. The zero-order chi connectivity index (χ0) is 18.9. The van der Waals surface area contributed by atoms with Crippen LogP contribution in [0.2, 0.25) is 5.02 Å². The number of urea groups is 1. The molecule has 0 saturated carbocycles. The fraction of sp³-hybridized carbons (Fsp3) is 0.684. The van der Waals surface area contributed by atoms with Gasteiger partial charge in [0.2, 0.25) is 0 Å². The summed E-state index contributed by atoms with van der Waals surface area (Å²) in [6.07, 6.45) is 3.55. The van der Waals surface area contributed by atoms with Crippen molar-refractivity contribution in [3.05, 3.63) is 23.4 Å². The number of carbonyl (C=O) groups excluding carboxylic acids is 1. The molecule has 6 nitrogen and oxygen atoms in total. The number of nitrogens with one attached hydrogen (secondary N) is 2. The Bertz CT molecular complexity index is 622. The third-order valence-electron chi connectivity index (χ3n) is 5.12. The number of carbonyl (C=O) groups is 1. The second-order valence-electron chi connectivity index (χ2n) is 8.76. The topological polar surface area (TPSA) is 60.5 Å². The molecule has 2 aliphatic rings. The van der Waals surface area contributed by atoms with Crippen molar-refractivity contribution in [3.8, 4) is 0 Å². The first-order chi connectivity index (χ1) is 12.1. The van der Waals surface area contributed by atoms with Gasteiger partial charge < -0.3 is 20.4 Å². The monoisotopic (exact) mass is 379 g/mol. The lowest BCUT2D eigenvalue weighted by Crippen LogP contribution is -2.63. The van der Waals surface area contributed by atoms with Crippen molar-refractivity contribution in [2.45, 2.75) is 57.7 Å². The van der Waals surface area contributed by atoms with Crippen molar-refractivity contribution in [3.63, 3.8) is 0 Å². The Morgan fingerprint density at radius 3 is 2.31 bits per heavy atom. The van der Waals surface area contributed by atoms with E-state index in [2.05, 4.69) is 48.2 Å². The molecule has 0 radical (unpaired) electrons. The second-order valence-corrected chi connectivity index (χ2v) is 9.19. The molecular weight excluding hydrogens is 350 g/mol. The molecule has 0 atom stereocenters. The van der Waals surface area contributed by atoms with E-state index in [1.54, 1.807) is 6.20 Å². The van der Waals surface area contributed by atoms with Crippen LogP contribution in [0.3, 0.4) is 0 Å². The van der Waals surface area contributed by atoms with Crippen LogP contribution in [0.15, 0.2) is 18.3 Å². The number of halogens is 1. The van der Waals surface area contributed by atoms with E-state index >= 15 is 0 Å². The number of piperidine rings is 1. The van der Waals surface area contributed by atoms with Gasteiger partial charge in [-0.3, -0.25) is 0 Å². The van der Waals surface area contributed by atoms with Crippen LogP contribution in [0.4, 0.5) is 10.6 Å². The third-order valence-corrected chi connectivity index (χ3v) is 5.34. The van der Waals surface area contributed by atoms with Gasteiger partial charge in [0, 0.05) is 49.5 Å². The van der Waals surface area contributed by atoms with Gasteiger partial charge in [0.05, 0.1) is 5.02 Å². The van der Waals surface area contributed by atoms with Crippen LogP contribution in [0.25, 0.3) is 0 Å². The highest BCUT2D eigenvalue weighted by Gasteiger charge is 2.38. The summed E-state index contributed by atoms with van der Waals surface area (Å²) in [5.41, 5.74) is 0.0529. The first-order valence-corrected chi connectivity index (χ1v) is 9.73. The van der Waals surface area contributed by atoms with Gasteiger partial charge in [-0.2, -0.15) is 0 Å². The molecule has 2 N–H and O–H groups in total. The number of amides is 2. The highest BCUT2D eigenvalue weighted by molar-refractivity contribution is 6.30. The first kappa shape index (κ1) is 19.2. The van der Waals surface area contributed by atoms with Gasteiger partial charge in [0.1, 0.15) is 5.82 Å². The van der Waals surface area contributed by atoms with E-state index in [-0.39, 0.29) is 23.2 Å². The van der Waals surface area contributed by atoms with Crippen LogP contribution >= 0.6 is 11.6 Å². The number of hydrogen-bond donors (Lipinski definition) is 2. The van der Waals surface area contributed by atoms with Gasteiger partial charge in [-0.05, 0) is 52.7 Å². The molecule has 0 aliphatic carbocycles. The van der Waals surface area contributed by atoms with Crippen LogP contribution in [0, 0.1) is 0 Å². The molecule has 0 bridgehead atoms. The minimum atomic E-state index is 0.0264. The lowest BCUT2D eigenvalue weighted by molar-refractivity contribution is 0.138. The van der Waals surface area contributed by atoms with E-state index in [1.807, 2.05) is 17.0 Å². The van der Waals surface area contributed by atoms with E-state index in [4.69, 9.17) is 11.6 Å². The molecule has 0 spiro atoms. The van der Waals surface area contributed by atoms with Gasteiger partial charge in [-0.25, -0.2) is 9.78 Å². The predicted molar refractivity (Wildman–Crippen MR) is 106 cm³/mol. The molecule has 26 heavy (non-hydrogen) atoms. The fourth-order valence-corrected chi connectivity index (χ4v) is 4.50. The third kappa shape index (κ3) is 4.80. The highest BCUT2D eigenvalue weighted by Crippen LogP contribution is 2.28. The van der Waals surface area contributed by atoms with Crippen molar-refractivity contribution in [1.29, 1.82) is 0 Å². The molecule has 3 rings (SSSR count). The lowest BCUT2D eigenvalue weighted by Gasteiger charge is -2.47. The number of aromatic nitrogens is 1. The zero-order valence-corrected chi connectivity index (χ0v) is 16.9. The van der Waals surface area contributed by atoms with Crippen LogP contribution in [-0.4, -0.2) is 59.2 Å². The smallest absolute Gasteiger partial charge is 0.317 e. The largest absolute Gasteiger partial charge is 0.353 e. The maximum Gasteiger partial charge on any atom is 0.317 e. The molecule has 1 aromatic heterocycles. The van der Waals surface area contributed by atoms with Gasteiger partial charge in [0.25, 0.3) is 0 Å². The standard InChI is InChI=1S/C19H30ClN5O/c1-18(2)11-15(12-19(3,4)23-18)22-17(26)25-9-7-24(8-10-25)16-6-5-14(20)13-21-16/h5-6,13,15,23H,7-12H2,1-4H3,(H,22,26). The molecule has 2 fully saturated rings. The van der Waals surface area contributed by atoms with E-state index in [9.17, 15) is 4.79 Å². The molecule has 144 valence electrons. The van der Waals surface area contributed by atoms with E-state index in [0.29, 0.717) is 18.1 Å². The van der Waals surface area contributed by atoms with Crippen molar-refractivity contribution in [2.24, 2.45) is 0 Å². The maximum atomic E-state index is 12.7. The van der Waals surface area contributed by atoms with Crippen LogP contribution in [0.5, 0.6) is 0 Å². The molecule has 2 amide bonds. The summed E-state index contributed by atoms with van der Waals surface area (Å²) in [6, 6.07) is 4.03. The Labute approximate surface area is 161 Å². The quantitative estimate of drug-likeness (QED) is 0.829. The lowest BCUT2D eigenvalue weighted by atomic mass is 9.80. The maximum absolute atomic E-state index is 12.7. The Morgan fingerprint density at radius 2 is 1.77 bits per heavy atom. The minimum Gasteiger partial charge on any atom is -0.353 e. The fourth-order valence-electron chi connectivity index (χ4n) is 4.38. The number of pyridine rings is 1. The highest BCUT2D eigenvalue weighted by atomic mass is 35.5. The molecule has 2 saturated heterocycles. The summed E-state index contributed by atoms with van der Waals surface area (Å²) < 4.78 is 0. The van der Waals surface area contributed by atoms with Gasteiger partial charge in [0.15, 0.2) is 0 Å². The molecular formula is C19H30ClN5O. The number of rotatable bonds is 2. The van der Waals surface area contributed by atoms with E-state index in [0.717, 1.165) is 31.7 Å². The molecule has 0 unspecified atom stereocenters. The average molecular weight is 380 g/mol. The normalized spacial score (nSPS) is 23.0. The number of anilines is 1. The van der Waals surface area contributed by atoms with E-state index in [1.165, 1.54) is 0 Å². The molecule has 0 aromatic carbocycles. The van der Waals surface area contributed by atoms with Crippen molar-refractivity contribution < 1.29 is 4.79 Å². The first-order valence-electron chi connectivity index (χ1n) is 9.35. The zero-order valence-electron chi connectivity index (χ0n) is 16.2. The van der Waals surface area contributed by atoms with Gasteiger partial charge in [-0.1, -0.05) is 11.6 Å². The number of hydrogen-bond acceptors (Lipinski definition) is 4. The number of piperazine rings is 1. The van der Waals surface area contributed by atoms with Gasteiger partial charge in [-0.15, -0.1) is 0 Å². The van der Waals surface area contributed by atoms with Crippen molar-refractivity contribution in [1.82, 2.24) is 20.5 Å². The SMILES string of the molecule is CC1(C)CC(NC(=O)N2CCN(c3ccc(Cl)cn3)CC2)CC(C)(C)N1. The van der Waals surface area contributed by atoms with Gasteiger partial charge >= 0.3 is 6.03 Å². The number of nitrogens with zero attached hydrogens (tertiary/aromatic N) is 3. The summed E-state index contributed by atoms with van der Waals surface area (Å²) in [5.74, 6) is 0.913. The predicted octanol–water partition coefficient (Wildman–Crippen LogP) is 2.88. The summed E-state index contributed by atoms with van der Waals surface area (Å²) >= 11 is 5.90. The molecule has 2 aliphatic heterocycles. The molecule has 1 aromatic rings. The Balaban J connectivity index is 1.53. The summed E-state index contributed by atoms with van der Waals surface area (Å²) in [4.78, 5) is 21.2. The van der Waals surface area contributed by atoms with Crippen molar-refractivity contribution in [2.75, 3.05) is 31.1 Å². The Hall–Kier alpha value is -1.53. The van der Waals surface area contributed by atoms with Crippen LogP contribution < -0.4 is 15.5 Å². The van der Waals surface area contributed by atoms with Crippen LogP contribution in [0.1, 0.15) is 40.5 Å². The van der Waals surface area contributed by atoms with E-state index < -0.39 is 0 Å². The van der Waals surface area contributed by atoms with Crippen LogP contribution in [-0.2, 0) is 0 Å². The summed E-state index contributed by atoms with van der Waals surface area (Å²) in [5, 5.41) is 7.55. The summed E-state index contributed by atoms with van der Waals surface area (Å²) in [6.45, 7) is 11.8. The average Bonchev–Trinajstić information content (AvgIpc) is 2.52. The second kappa shape index (κ2) is 7.24. The van der Waals surface area contributed by atoms with Crippen molar-refractivity contribution >= 4 is 23.4 Å². The Kier molecular flexibility index (Phi) is 5.35. The molecule has 3 heterocycles. The minimum absolute atomic E-state index is 0.0264. The molecule has 7 heteroatoms.